The molecule has 2 N–H and O–H groups in total. The Morgan fingerprint density at radius 1 is 1.44 bits per heavy atom. The van der Waals surface area contributed by atoms with E-state index in [-0.39, 0.29) is 6.03 Å². The van der Waals surface area contributed by atoms with Gasteiger partial charge in [-0.2, -0.15) is 0 Å². The van der Waals surface area contributed by atoms with E-state index in [1.807, 2.05) is 24.4 Å². The van der Waals surface area contributed by atoms with Gasteiger partial charge in [-0.15, -0.1) is 0 Å². The van der Waals surface area contributed by atoms with E-state index in [2.05, 4.69) is 10.3 Å². The number of urea groups is 1. The van der Waals surface area contributed by atoms with Gasteiger partial charge in [0.15, 0.2) is 0 Å². The van der Waals surface area contributed by atoms with Gasteiger partial charge in [0.05, 0.1) is 0 Å². The van der Waals surface area contributed by atoms with Gasteiger partial charge >= 0.3 is 6.03 Å². The lowest BCUT2D eigenvalue weighted by Gasteiger charge is -2.11. The highest BCUT2D eigenvalue weighted by molar-refractivity contribution is 6.31. The maximum atomic E-state index is 11.4. The van der Waals surface area contributed by atoms with E-state index in [0.717, 1.165) is 27.9 Å². The highest BCUT2D eigenvalue weighted by Crippen LogP contribution is 2.22. The van der Waals surface area contributed by atoms with Crippen LogP contribution in [0.5, 0.6) is 0 Å². The third kappa shape index (κ3) is 2.76. The van der Waals surface area contributed by atoms with Gasteiger partial charge in [0.25, 0.3) is 0 Å². The number of nitrogens with zero attached hydrogens (tertiary/aromatic N) is 1. The second kappa shape index (κ2) is 5.31. The van der Waals surface area contributed by atoms with Gasteiger partial charge in [0, 0.05) is 42.8 Å². The molecule has 0 fully saturated rings. The number of carbonyl (C=O) groups excluding carboxylic acids is 1. The van der Waals surface area contributed by atoms with Gasteiger partial charge in [-0.25, -0.2) is 4.79 Å². The minimum atomic E-state index is -0.0760. The fraction of sp³-hybridized carbons (Fsp3) is 0.308. The predicted molar refractivity (Wildman–Crippen MR) is 74.1 cm³/mol. The lowest BCUT2D eigenvalue weighted by atomic mass is 10.1. The van der Waals surface area contributed by atoms with E-state index in [9.17, 15) is 4.79 Å². The summed E-state index contributed by atoms with van der Waals surface area (Å²) in [4.78, 5) is 16.1. The molecule has 1 heterocycles. The van der Waals surface area contributed by atoms with Crippen molar-refractivity contribution in [3.8, 4) is 0 Å². The molecule has 0 unspecified atom stereocenters. The molecule has 2 aromatic rings. The average Bonchev–Trinajstić information content (AvgIpc) is 2.71. The summed E-state index contributed by atoms with van der Waals surface area (Å²) in [6, 6.07) is 5.68. The number of fused-ring (bicyclic) bond motifs is 1. The molecule has 0 saturated carbocycles. The minimum Gasteiger partial charge on any atom is -0.361 e. The Morgan fingerprint density at radius 2 is 2.22 bits per heavy atom. The van der Waals surface area contributed by atoms with Crippen LogP contribution in [-0.4, -0.2) is 36.6 Å². The summed E-state index contributed by atoms with van der Waals surface area (Å²) < 4.78 is 0. The summed E-state index contributed by atoms with van der Waals surface area (Å²) in [7, 11) is 3.45. The average molecular weight is 266 g/mol. The molecule has 2 rings (SSSR count). The van der Waals surface area contributed by atoms with Gasteiger partial charge in [0.1, 0.15) is 0 Å². The molecule has 5 heteroatoms. The number of aromatic amines is 1. The molecular formula is C13H16ClN3O. The van der Waals surface area contributed by atoms with Gasteiger partial charge in [-0.05, 0) is 30.2 Å². The topological polar surface area (TPSA) is 48.1 Å². The Hall–Kier alpha value is -1.68. The van der Waals surface area contributed by atoms with Crippen molar-refractivity contribution in [2.24, 2.45) is 0 Å². The van der Waals surface area contributed by atoms with E-state index < -0.39 is 0 Å². The second-order valence-electron chi connectivity index (χ2n) is 4.38. The molecule has 0 aliphatic carbocycles. The number of nitrogens with one attached hydrogen (secondary N) is 2. The highest BCUT2D eigenvalue weighted by atomic mass is 35.5. The number of amides is 2. The second-order valence-corrected chi connectivity index (χ2v) is 4.82. The van der Waals surface area contributed by atoms with Crippen LogP contribution in [0.4, 0.5) is 4.79 Å². The van der Waals surface area contributed by atoms with E-state index in [1.54, 1.807) is 14.1 Å². The third-order valence-corrected chi connectivity index (χ3v) is 3.04. The van der Waals surface area contributed by atoms with Crippen molar-refractivity contribution in [2.45, 2.75) is 6.42 Å². The molecule has 1 aromatic heterocycles. The van der Waals surface area contributed by atoms with Crippen LogP contribution in [0, 0.1) is 0 Å². The van der Waals surface area contributed by atoms with Gasteiger partial charge in [0.2, 0.25) is 0 Å². The number of rotatable bonds is 3. The molecule has 0 aliphatic heterocycles. The maximum absolute atomic E-state index is 11.4. The summed E-state index contributed by atoms with van der Waals surface area (Å²) in [5.74, 6) is 0. The predicted octanol–water partition coefficient (Wildman–Crippen LogP) is 2.63. The number of hydrogen-bond donors (Lipinski definition) is 2. The molecule has 2 amide bonds. The van der Waals surface area contributed by atoms with Crippen molar-refractivity contribution in [1.82, 2.24) is 15.2 Å². The molecule has 1 aromatic carbocycles. The molecule has 0 saturated heterocycles. The molecule has 18 heavy (non-hydrogen) atoms. The highest BCUT2D eigenvalue weighted by Gasteiger charge is 2.06. The number of benzene rings is 1. The molecule has 0 bridgehead atoms. The summed E-state index contributed by atoms with van der Waals surface area (Å²) in [5, 5.41) is 4.68. The largest absolute Gasteiger partial charge is 0.361 e. The monoisotopic (exact) mass is 265 g/mol. The zero-order valence-electron chi connectivity index (χ0n) is 10.5. The molecular weight excluding hydrogens is 250 g/mol. The number of carbonyl (C=O) groups is 1. The van der Waals surface area contributed by atoms with Crippen molar-refractivity contribution in [3.63, 3.8) is 0 Å². The number of H-pyrrole nitrogens is 1. The lowest BCUT2D eigenvalue weighted by Crippen LogP contribution is -2.35. The Kier molecular flexibility index (Phi) is 3.77. The van der Waals surface area contributed by atoms with Crippen LogP contribution in [0.3, 0.4) is 0 Å². The summed E-state index contributed by atoms with van der Waals surface area (Å²) in [6.07, 6.45) is 2.74. The maximum Gasteiger partial charge on any atom is 0.316 e. The van der Waals surface area contributed by atoms with Gasteiger partial charge in [-0.3, -0.25) is 0 Å². The molecule has 96 valence electrons. The Balaban J connectivity index is 2.04. The lowest BCUT2D eigenvalue weighted by molar-refractivity contribution is 0.217. The van der Waals surface area contributed by atoms with Crippen LogP contribution in [0.25, 0.3) is 10.9 Å². The standard InChI is InChI=1S/C13H16ClN3O/c1-17(2)13(18)15-6-5-9-8-16-12-4-3-10(14)7-11(9)12/h3-4,7-8,16H,5-6H2,1-2H3,(H,15,18). The first-order chi connectivity index (χ1) is 8.58. The molecule has 4 nitrogen and oxygen atoms in total. The Bertz CT molecular complexity index is 562. The van der Waals surface area contributed by atoms with E-state index >= 15 is 0 Å². The van der Waals surface area contributed by atoms with E-state index in [1.165, 1.54) is 4.90 Å². The normalized spacial score (nSPS) is 10.6. The third-order valence-electron chi connectivity index (χ3n) is 2.81. The number of hydrogen-bond acceptors (Lipinski definition) is 1. The zero-order valence-corrected chi connectivity index (χ0v) is 11.2. The zero-order chi connectivity index (χ0) is 13.1. The SMILES string of the molecule is CN(C)C(=O)NCCc1c[nH]c2ccc(Cl)cc12. The molecule has 0 radical (unpaired) electrons. The first-order valence-electron chi connectivity index (χ1n) is 5.78. The van der Waals surface area contributed by atoms with Crippen LogP contribution in [0.15, 0.2) is 24.4 Å². The van der Waals surface area contributed by atoms with Crippen LogP contribution in [0.1, 0.15) is 5.56 Å². The summed E-state index contributed by atoms with van der Waals surface area (Å²) >= 11 is 5.98. The van der Waals surface area contributed by atoms with Crippen molar-refractivity contribution in [3.05, 3.63) is 35.0 Å². The van der Waals surface area contributed by atoms with Crippen LogP contribution in [-0.2, 0) is 6.42 Å². The van der Waals surface area contributed by atoms with Gasteiger partial charge in [-0.1, -0.05) is 11.6 Å². The molecule has 0 atom stereocenters. The fourth-order valence-electron chi connectivity index (χ4n) is 1.82. The van der Waals surface area contributed by atoms with Crippen molar-refractivity contribution < 1.29 is 4.79 Å². The minimum absolute atomic E-state index is 0.0760. The summed E-state index contributed by atoms with van der Waals surface area (Å²) in [5.41, 5.74) is 2.22. The van der Waals surface area contributed by atoms with E-state index in [0.29, 0.717) is 6.54 Å². The first kappa shape index (κ1) is 12.8. The van der Waals surface area contributed by atoms with Crippen LogP contribution in [0.2, 0.25) is 5.02 Å². The molecule has 0 aliphatic rings. The Morgan fingerprint density at radius 3 is 2.94 bits per heavy atom. The smallest absolute Gasteiger partial charge is 0.316 e. The quantitative estimate of drug-likeness (QED) is 0.881. The Labute approximate surface area is 111 Å². The van der Waals surface area contributed by atoms with E-state index in [4.69, 9.17) is 11.6 Å². The van der Waals surface area contributed by atoms with Crippen molar-refractivity contribution in [2.75, 3.05) is 20.6 Å². The van der Waals surface area contributed by atoms with Crippen molar-refractivity contribution in [1.29, 1.82) is 0 Å². The van der Waals surface area contributed by atoms with Crippen LogP contribution >= 0.6 is 11.6 Å². The summed E-state index contributed by atoms with van der Waals surface area (Å²) in [6.45, 7) is 0.608. The number of aromatic nitrogens is 1. The number of halogens is 1. The van der Waals surface area contributed by atoms with Crippen LogP contribution < -0.4 is 5.32 Å². The van der Waals surface area contributed by atoms with Gasteiger partial charge < -0.3 is 15.2 Å². The fourth-order valence-corrected chi connectivity index (χ4v) is 1.99. The van der Waals surface area contributed by atoms with Crippen molar-refractivity contribution >= 4 is 28.5 Å². The molecule has 0 spiro atoms. The first-order valence-corrected chi connectivity index (χ1v) is 6.16.